The van der Waals surface area contributed by atoms with Crippen LogP contribution in [0.3, 0.4) is 0 Å². The van der Waals surface area contributed by atoms with E-state index in [2.05, 4.69) is 23.5 Å². The fourth-order valence-corrected chi connectivity index (χ4v) is 5.18. The summed E-state index contributed by atoms with van der Waals surface area (Å²) in [6.45, 7) is 8.10. The molecule has 3 rings (SSSR count). The van der Waals surface area contributed by atoms with Crippen molar-refractivity contribution in [1.82, 2.24) is 9.80 Å². The van der Waals surface area contributed by atoms with Gasteiger partial charge in [0.15, 0.2) is 0 Å². The molecule has 6 nitrogen and oxygen atoms in total. The van der Waals surface area contributed by atoms with E-state index in [4.69, 9.17) is 11.6 Å². The molecular weight excluding hydrogens is 434 g/mol. The van der Waals surface area contributed by atoms with Crippen molar-refractivity contribution >= 4 is 33.2 Å². The van der Waals surface area contributed by atoms with Crippen LogP contribution >= 0.6 is 11.6 Å². The third kappa shape index (κ3) is 5.59. The second-order valence-electron chi connectivity index (χ2n) is 8.39. The highest BCUT2D eigenvalue weighted by Gasteiger charge is 2.28. The van der Waals surface area contributed by atoms with Gasteiger partial charge in [-0.1, -0.05) is 23.7 Å². The topological polar surface area (TPSA) is 69.7 Å². The van der Waals surface area contributed by atoms with Crippen LogP contribution in [0, 0.1) is 6.92 Å². The molecule has 0 unspecified atom stereocenters. The molecule has 168 valence electrons. The Balaban J connectivity index is 1.79. The van der Waals surface area contributed by atoms with E-state index in [0.29, 0.717) is 11.7 Å². The average Bonchev–Trinajstić information content (AvgIpc) is 2.72. The molecule has 1 N–H and O–H groups in total. The summed E-state index contributed by atoms with van der Waals surface area (Å²) in [5.41, 5.74) is 1.61. The second-order valence-corrected chi connectivity index (χ2v) is 10.5. The van der Waals surface area contributed by atoms with Crippen molar-refractivity contribution in [1.29, 1.82) is 0 Å². The summed E-state index contributed by atoms with van der Waals surface area (Å²) in [7, 11) is -2.09. The largest absolute Gasteiger partial charge is 0.339 e. The number of amides is 1. The first kappa shape index (κ1) is 23.6. The zero-order valence-electron chi connectivity index (χ0n) is 18.4. The van der Waals surface area contributed by atoms with Crippen LogP contribution in [-0.2, 0) is 10.0 Å². The van der Waals surface area contributed by atoms with Gasteiger partial charge in [-0.15, -0.1) is 0 Å². The lowest BCUT2D eigenvalue weighted by Gasteiger charge is -2.38. The van der Waals surface area contributed by atoms with E-state index in [1.807, 2.05) is 13.0 Å². The fraction of sp³-hybridized carbons (Fsp3) is 0.435. The monoisotopic (exact) mass is 463 g/mol. The van der Waals surface area contributed by atoms with E-state index in [0.717, 1.165) is 31.5 Å². The lowest BCUT2D eigenvalue weighted by atomic mass is 10.0. The quantitative estimate of drug-likeness (QED) is 0.689. The van der Waals surface area contributed by atoms with Crippen molar-refractivity contribution < 1.29 is 13.2 Å². The number of anilines is 1. The van der Waals surface area contributed by atoms with E-state index >= 15 is 0 Å². The van der Waals surface area contributed by atoms with Crippen LogP contribution in [0.15, 0.2) is 47.4 Å². The molecule has 1 fully saturated rings. The number of benzene rings is 2. The van der Waals surface area contributed by atoms with Crippen LogP contribution in [0.4, 0.5) is 5.69 Å². The normalized spacial score (nSPS) is 15.8. The van der Waals surface area contributed by atoms with E-state index in [9.17, 15) is 13.2 Å². The molecule has 2 aromatic rings. The Bertz CT molecular complexity index is 1050. The summed E-state index contributed by atoms with van der Waals surface area (Å²) >= 11 is 6.30. The highest BCUT2D eigenvalue weighted by Crippen LogP contribution is 2.26. The molecular formula is C23H30ClN3O3S. The summed E-state index contributed by atoms with van der Waals surface area (Å²) in [6.07, 6.45) is 1.76. The number of nitrogens with one attached hydrogen (secondary N) is 1. The van der Waals surface area contributed by atoms with Crippen LogP contribution in [0.2, 0.25) is 5.02 Å². The molecule has 1 amide bonds. The predicted octanol–water partition coefficient (Wildman–Crippen LogP) is 4.39. The maximum absolute atomic E-state index is 13.2. The van der Waals surface area contributed by atoms with Crippen molar-refractivity contribution in [2.45, 2.75) is 50.6 Å². The van der Waals surface area contributed by atoms with Gasteiger partial charge in [0.1, 0.15) is 0 Å². The van der Waals surface area contributed by atoms with Gasteiger partial charge in [-0.25, -0.2) is 8.42 Å². The van der Waals surface area contributed by atoms with Crippen LogP contribution in [0.1, 0.15) is 42.6 Å². The summed E-state index contributed by atoms with van der Waals surface area (Å²) in [5, 5.41) is 0.242. The molecule has 1 heterocycles. The number of likely N-dealkylation sites (tertiary alicyclic amines) is 1. The number of hydrogen-bond acceptors (Lipinski definition) is 4. The summed E-state index contributed by atoms with van der Waals surface area (Å²) in [6, 6.07) is 11.9. The fourth-order valence-electron chi connectivity index (χ4n) is 3.90. The lowest BCUT2D eigenvalue weighted by Crippen LogP contribution is -2.47. The first-order chi connectivity index (χ1) is 14.6. The van der Waals surface area contributed by atoms with Gasteiger partial charge in [0.2, 0.25) is 0 Å². The molecule has 1 saturated heterocycles. The highest BCUT2D eigenvalue weighted by atomic mass is 35.5. The Hall–Kier alpha value is -2.09. The second kappa shape index (κ2) is 9.59. The molecule has 0 spiro atoms. The number of carbonyl (C=O) groups excluding carboxylic acids is 1. The van der Waals surface area contributed by atoms with E-state index in [1.54, 1.807) is 30.1 Å². The number of rotatable bonds is 6. The summed E-state index contributed by atoms with van der Waals surface area (Å²) in [5.74, 6) is -0.263. The van der Waals surface area contributed by atoms with Gasteiger partial charge < -0.3 is 9.80 Å². The van der Waals surface area contributed by atoms with Gasteiger partial charge in [-0.2, -0.15) is 0 Å². The van der Waals surface area contributed by atoms with E-state index < -0.39 is 10.0 Å². The third-order valence-corrected chi connectivity index (χ3v) is 7.55. The highest BCUT2D eigenvalue weighted by molar-refractivity contribution is 7.92. The van der Waals surface area contributed by atoms with Gasteiger partial charge in [0, 0.05) is 37.9 Å². The van der Waals surface area contributed by atoms with Gasteiger partial charge in [0.25, 0.3) is 15.9 Å². The summed E-state index contributed by atoms with van der Waals surface area (Å²) < 4.78 is 28.3. The molecule has 0 aliphatic carbocycles. The Morgan fingerprint density at radius 3 is 2.45 bits per heavy atom. The van der Waals surface area contributed by atoms with Crippen LogP contribution in [0.5, 0.6) is 0 Å². The molecule has 8 heteroatoms. The first-order valence-electron chi connectivity index (χ1n) is 10.5. The maximum atomic E-state index is 13.2. The Kier molecular flexibility index (Phi) is 7.29. The number of aryl methyl sites for hydroxylation is 1. The number of carbonyl (C=O) groups is 1. The minimum absolute atomic E-state index is 0.00443. The van der Waals surface area contributed by atoms with Gasteiger partial charge in [-0.05, 0) is 69.5 Å². The van der Waals surface area contributed by atoms with Crippen LogP contribution in [0.25, 0.3) is 0 Å². The molecule has 0 saturated carbocycles. The van der Waals surface area contributed by atoms with Crippen molar-refractivity contribution in [3.8, 4) is 0 Å². The zero-order valence-corrected chi connectivity index (χ0v) is 20.0. The average molecular weight is 464 g/mol. The van der Waals surface area contributed by atoms with Crippen molar-refractivity contribution in [2.24, 2.45) is 0 Å². The number of sulfonamides is 1. The summed E-state index contributed by atoms with van der Waals surface area (Å²) in [4.78, 5) is 17.3. The Morgan fingerprint density at radius 1 is 1.16 bits per heavy atom. The molecule has 1 aliphatic heterocycles. The number of hydrogen-bond donors (Lipinski definition) is 1. The molecule has 2 aromatic carbocycles. The van der Waals surface area contributed by atoms with Crippen LogP contribution in [-0.4, -0.2) is 56.3 Å². The zero-order chi connectivity index (χ0) is 22.8. The van der Waals surface area contributed by atoms with Crippen molar-refractivity contribution in [3.63, 3.8) is 0 Å². The van der Waals surface area contributed by atoms with Gasteiger partial charge in [-0.3, -0.25) is 9.52 Å². The Labute approximate surface area is 190 Å². The molecule has 0 aromatic heterocycles. The van der Waals surface area contributed by atoms with Crippen molar-refractivity contribution in [3.05, 3.63) is 58.6 Å². The third-order valence-electron chi connectivity index (χ3n) is 5.85. The number of piperidine rings is 1. The Morgan fingerprint density at radius 2 is 1.84 bits per heavy atom. The lowest BCUT2D eigenvalue weighted by molar-refractivity contribution is 0.0615. The van der Waals surface area contributed by atoms with Gasteiger partial charge in [0.05, 0.1) is 15.5 Å². The minimum atomic E-state index is -3.86. The SMILES string of the molecule is Cc1cccc(NS(=O)(=O)c2ccc(Cl)c(C(=O)N(C)C3CCN(C(C)C)CC3)c2)c1. The molecule has 31 heavy (non-hydrogen) atoms. The molecule has 0 radical (unpaired) electrons. The number of nitrogens with zero attached hydrogens (tertiary/aromatic N) is 2. The minimum Gasteiger partial charge on any atom is -0.339 e. The van der Waals surface area contributed by atoms with E-state index in [-0.39, 0.29) is 27.4 Å². The van der Waals surface area contributed by atoms with Gasteiger partial charge >= 0.3 is 0 Å². The predicted molar refractivity (Wildman–Crippen MR) is 125 cm³/mol. The smallest absolute Gasteiger partial charge is 0.261 e. The maximum Gasteiger partial charge on any atom is 0.261 e. The standard InChI is InChI=1S/C23H30ClN3O3S/c1-16(2)27-12-10-19(11-13-27)26(4)23(28)21-15-20(8-9-22(21)24)31(29,30)25-18-7-5-6-17(3)14-18/h5-9,14-16,19,25H,10-13H2,1-4H3. The van der Waals surface area contributed by atoms with Crippen LogP contribution < -0.4 is 4.72 Å². The molecule has 1 aliphatic rings. The van der Waals surface area contributed by atoms with E-state index in [1.165, 1.54) is 18.2 Å². The van der Waals surface area contributed by atoms with Crippen molar-refractivity contribution in [2.75, 3.05) is 24.9 Å². The number of halogens is 1. The molecule has 0 bridgehead atoms. The first-order valence-corrected chi connectivity index (χ1v) is 12.3. The molecule has 0 atom stereocenters.